The molecule has 106 valence electrons. The van der Waals surface area contributed by atoms with Crippen LogP contribution in [0.5, 0.6) is 5.75 Å². The van der Waals surface area contributed by atoms with E-state index < -0.39 is 10.0 Å². The molecule has 5 nitrogen and oxygen atoms in total. The molecule has 1 heterocycles. The van der Waals surface area contributed by atoms with Gasteiger partial charge in [0.2, 0.25) is 10.0 Å². The molecule has 0 atom stereocenters. The Kier molecular flexibility index (Phi) is 4.13. The SMILES string of the molecule is COc1ccc(S(=O)(=O)N2CCC(N)CC2)c(C)c1. The number of nitrogens with two attached hydrogens (primary N) is 1. The first kappa shape index (κ1) is 14.3. The summed E-state index contributed by atoms with van der Waals surface area (Å²) < 4.78 is 31.7. The van der Waals surface area contributed by atoms with Gasteiger partial charge in [0, 0.05) is 19.1 Å². The summed E-state index contributed by atoms with van der Waals surface area (Å²) in [7, 11) is -1.85. The summed E-state index contributed by atoms with van der Waals surface area (Å²) in [6.45, 7) is 2.77. The first-order chi connectivity index (χ1) is 8.95. The molecular formula is C13H20N2O3S. The molecular weight excluding hydrogens is 264 g/mol. The highest BCUT2D eigenvalue weighted by Gasteiger charge is 2.29. The Balaban J connectivity index is 2.29. The minimum Gasteiger partial charge on any atom is -0.497 e. The number of hydrogen-bond acceptors (Lipinski definition) is 4. The van der Waals surface area contributed by atoms with Crippen molar-refractivity contribution in [3.8, 4) is 5.75 Å². The summed E-state index contributed by atoms with van der Waals surface area (Å²) in [5.74, 6) is 0.664. The van der Waals surface area contributed by atoms with E-state index in [4.69, 9.17) is 10.5 Å². The second-order valence-corrected chi connectivity index (χ2v) is 6.78. The lowest BCUT2D eigenvalue weighted by Gasteiger charge is -2.29. The first-order valence-corrected chi connectivity index (χ1v) is 7.79. The Bertz CT molecular complexity index is 549. The molecule has 0 spiro atoms. The van der Waals surface area contributed by atoms with Gasteiger partial charge in [-0.1, -0.05) is 0 Å². The fourth-order valence-corrected chi connectivity index (χ4v) is 3.97. The van der Waals surface area contributed by atoms with E-state index in [1.54, 1.807) is 32.2 Å². The van der Waals surface area contributed by atoms with E-state index in [2.05, 4.69) is 0 Å². The molecule has 0 saturated carbocycles. The van der Waals surface area contributed by atoms with Crippen molar-refractivity contribution in [3.05, 3.63) is 23.8 Å². The van der Waals surface area contributed by atoms with E-state index in [9.17, 15) is 8.42 Å². The van der Waals surface area contributed by atoms with E-state index in [0.29, 0.717) is 42.1 Å². The molecule has 2 rings (SSSR count). The topological polar surface area (TPSA) is 72.6 Å². The molecule has 0 unspecified atom stereocenters. The molecule has 1 saturated heterocycles. The highest BCUT2D eigenvalue weighted by atomic mass is 32.2. The van der Waals surface area contributed by atoms with Crippen molar-refractivity contribution >= 4 is 10.0 Å². The Morgan fingerprint density at radius 3 is 2.47 bits per heavy atom. The number of ether oxygens (including phenoxy) is 1. The third-order valence-electron chi connectivity index (χ3n) is 3.50. The average molecular weight is 284 g/mol. The zero-order valence-corrected chi connectivity index (χ0v) is 12.1. The van der Waals surface area contributed by atoms with Gasteiger partial charge in [0.1, 0.15) is 5.75 Å². The molecule has 0 aliphatic carbocycles. The molecule has 1 aliphatic rings. The number of sulfonamides is 1. The monoisotopic (exact) mass is 284 g/mol. The van der Waals surface area contributed by atoms with E-state index in [0.717, 1.165) is 0 Å². The van der Waals surface area contributed by atoms with Gasteiger partial charge in [-0.25, -0.2) is 8.42 Å². The van der Waals surface area contributed by atoms with Crippen LogP contribution in [0.15, 0.2) is 23.1 Å². The van der Waals surface area contributed by atoms with E-state index in [-0.39, 0.29) is 6.04 Å². The molecule has 0 amide bonds. The number of hydrogen-bond donors (Lipinski definition) is 1. The molecule has 1 aromatic carbocycles. The maximum Gasteiger partial charge on any atom is 0.243 e. The first-order valence-electron chi connectivity index (χ1n) is 6.35. The van der Waals surface area contributed by atoms with Crippen LogP contribution >= 0.6 is 0 Å². The van der Waals surface area contributed by atoms with Gasteiger partial charge in [-0.15, -0.1) is 0 Å². The fraction of sp³-hybridized carbons (Fsp3) is 0.538. The van der Waals surface area contributed by atoms with Crippen molar-refractivity contribution in [3.63, 3.8) is 0 Å². The molecule has 0 bridgehead atoms. The molecule has 1 aromatic rings. The third kappa shape index (κ3) is 2.91. The molecule has 6 heteroatoms. The fourth-order valence-electron chi connectivity index (χ4n) is 2.29. The molecule has 1 aliphatic heterocycles. The summed E-state index contributed by atoms with van der Waals surface area (Å²) >= 11 is 0. The van der Waals surface area contributed by atoms with Crippen LogP contribution < -0.4 is 10.5 Å². The Hall–Kier alpha value is -1.11. The van der Waals surface area contributed by atoms with Gasteiger partial charge in [-0.2, -0.15) is 4.31 Å². The molecule has 2 N–H and O–H groups in total. The van der Waals surface area contributed by atoms with E-state index in [1.807, 2.05) is 0 Å². The predicted octanol–water partition coefficient (Wildman–Crippen LogP) is 1.12. The van der Waals surface area contributed by atoms with Crippen molar-refractivity contribution in [2.45, 2.75) is 30.7 Å². The minimum atomic E-state index is -3.42. The van der Waals surface area contributed by atoms with Gasteiger partial charge >= 0.3 is 0 Å². The van der Waals surface area contributed by atoms with Gasteiger partial charge in [0.05, 0.1) is 12.0 Å². The average Bonchev–Trinajstić information content (AvgIpc) is 2.38. The van der Waals surface area contributed by atoms with E-state index >= 15 is 0 Å². The highest BCUT2D eigenvalue weighted by Crippen LogP contribution is 2.25. The van der Waals surface area contributed by atoms with Crippen LogP contribution in [0.4, 0.5) is 0 Å². The number of rotatable bonds is 3. The standard InChI is InChI=1S/C13H20N2O3S/c1-10-9-12(18-2)3-4-13(10)19(16,17)15-7-5-11(14)6-8-15/h3-4,9,11H,5-8,14H2,1-2H3. The van der Waals surface area contributed by atoms with Crippen molar-refractivity contribution in [1.29, 1.82) is 0 Å². The maximum absolute atomic E-state index is 12.6. The van der Waals surface area contributed by atoms with Crippen molar-refractivity contribution in [2.24, 2.45) is 5.73 Å². The number of aryl methyl sites for hydroxylation is 1. The lowest BCUT2D eigenvalue weighted by atomic mass is 10.1. The number of methoxy groups -OCH3 is 1. The zero-order valence-electron chi connectivity index (χ0n) is 11.3. The minimum absolute atomic E-state index is 0.114. The van der Waals surface area contributed by atoms with Crippen LogP contribution in [0.25, 0.3) is 0 Å². The Labute approximate surface area is 114 Å². The van der Waals surface area contributed by atoms with Crippen molar-refractivity contribution in [2.75, 3.05) is 20.2 Å². The molecule has 0 aromatic heterocycles. The van der Waals surface area contributed by atoms with Gasteiger partial charge in [-0.3, -0.25) is 0 Å². The van der Waals surface area contributed by atoms with Crippen LogP contribution in [0.1, 0.15) is 18.4 Å². The predicted molar refractivity (Wildman–Crippen MR) is 73.7 cm³/mol. The van der Waals surface area contributed by atoms with Crippen LogP contribution in [0, 0.1) is 6.92 Å². The molecule has 19 heavy (non-hydrogen) atoms. The third-order valence-corrected chi connectivity index (χ3v) is 5.56. The van der Waals surface area contributed by atoms with Crippen LogP contribution in [-0.2, 0) is 10.0 Å². The zero-order chi connectivity index (χ0) is 14.0. The van der Waals surface area contributed by atoms with Crippen molar-refractivity contribution in [1.82, 2.24) is 4.31 Å². The van der Waals surface area contributed by atoms with Gasteiger partial charge in [0.25, 0.3) is 0 Å². The molecule has 1 fully saturated rings. The van der Waals surface area contributed by atoms with Crippen LogP contribution in [0.3, 0.4) is 0 Å². The number of nitrogens with zero attached hydrogens (tertiary/aromatic N) is 1. The highest BCUT2D eigenvalue weighted by molar-refractivity contribution is 7.89. The summed E-state index contributed by atoms with van der Waals surface area (Å²) in [6, 6.07) is 5.14. The maximum atomic E-state index is 12.6. The van der Waals surface area contributed by atoms with Crippen LogP contribution in [-0.4, -0.2) is 39.0 Å². The Morgan fingerprint density at radius 1 is 1.32 bits per heavy atom. The number of piperidine rings is 1. The number of benzene rings is 1. The smallest absolute Gasteiger partial charge is 0.243 e. The normalized spacial score (nSPS) is 18.5. The second kappa shape index (κ2) is 5.48. The van der Waals surface area contributed by atoms with Gasteiger partial charge in [0.15, 0.2) is 0 Å². The van der Waals surface area contributed by atoms with Gasteiger partial charge < -0.3 is 10.5 Å². The quantitative estimate of drug-likeness (QED) is 0.902. The Morgan fingerprint density at radius 2 is 1.95 bits per heavy atom. The summed E-state index contributed by atoms with van der Waals surface area (Å²) in [5, 5.41) is 0. The second-order valence-electron chi connectivity index (χ2n) is 4.87. The lowest BCUT2D eigenvalue weighted by molar-refractivity contribution is 0.320. The van der Waals surface area contributed by atoms with Crippen molar-refractivity contribution < 1.29 is 13.2 Å². The van der Waals surface area contributed by atoms with E-state index in [1.165, 1.54) is 4.31 Å². The summed E-state index contributed by atoms with van der Waals surface area (Å²) in [5.41, 5.74) is 6.51. The molecule has 0 radical (unpaired) electrons. The van der Waals surface area contributed by atoms with Crippen LogP contribution in [0.2, 0.25) is 0 Å². The summed E-state index contributed by atoms with van der Waals surface area (Å²) in [4.78, 5) is 0.351. The lowest BCUT2D eigenvalue weighted by Crippen LogP contribution is -2.42. The largest absolute Gasteiger partial charge is 0.497 e. The summed E-state index contributed by atoms with van der Waals surface area (Å²) in [6.07, 6.45) is 1.43. The van der Waals surface area contributed by atoms with Gasteiger partial charge in [-0.05, 0) is 43.5 Å².